The van der Waals surface area contributed by atoms with E-state index in [1.54, 1.807) is 4.90 Å². The van der Waals surface area contributed by atoms with E-state index in [0.29, 0.717) is 37.6 Å². The number of fused-ring (bicyclic) bond motifs is 1. The zero-order valence-corrected chi connectivity index (χ0v) is 14.7. The van der Waals surface area contributed by atoms with Crippen molar-refractivity contribution in [1.82, 2.24) is 15.0 Å². The highest BCUT2D eigenvalue weighted by Gasteiger charge is 2.17. The van der Waals surface area contributed by atoms with Crippen molar-refractivity contribution in [2.75, 3.05) is 13.3 Å². The summed E-state index contributed by atoms with van der Waals surface area (Å²) in [6.45, 7) is 5.25. The molecule has 134 valence electrons. The van der Waals surface area contributed by atoms with Crippen molar-refractivity contribution >= 4 is 5.91 Å². The van der Waals surface area contributed by atoms with Gasteiger partial charge in [0.2, 0.25) is 18.6 Å². The summed E-state index contributed by atoms with van der Waals surface area (Å²) in [5.74, 6) is 2.75. The van der Waals surface area contributed by atoms with Gasteiger partial charge < -0.3 is 18.9 Å². The van der Waals surface area contributed by atoms with Gasteiger partial charge in [-0.25, -0.2) is 0 Å². The molecule has 25 heavy (non-hydrogen) atoms. The Morgan fingerprint density at radius 2 is 2.04 bits per heavy atom. The van der Waals surface area contributed by atoms with Crippen molar-refractivity contribution in [3.63, 3.8) is 0 Å². The first-order chi connectivity index (χ1) is 12.2. The standard InChI is InChI=1S/C18H23N3O4/c1-3-5-17-19-16(20-25-17)11-21(4-2)18(22)9-7-13-6-8-14-15(10-13)24-12-23-14/h6,8,10H,3-5,7,9,11-12H2,1-2H3. The van der Waals surface area contributed by atoms with Crippen molar-refractivity contribution in [3.8, 4) is 11.5 Å². The van der Waals surface area contributed by atoms with Crippen LogP contribution in [-0.4, -0.2) is 34.3 Å². The van der Waals surface area contributed by atoms with Gasteiger partial charge in [-0.15, -0.1) is 0 Å². The van der Waals surface area contributed by atoms with Crippen molar-refractivity contribution in [1.29, 1.82) is 0 Å². The third kappa shape index (κ3) is 4.29. The number of carbonyl (C=O) groups excluding carboxylic acids is 1. The molecule has 0 aliphatic carbocycles. The van der Waals surface area contributed by atoms with Gasteiger partial charge in [0.1, 0.15) is 0 Å². The normalized spacial score (nSPS) is 12.4. The summed E-state index contributed by atoms with van der Waals surface area (Å²) in [6, 6.07) is 5.78. The van der Waals surface area contributed by atoms with Crippen LogP contribution in [0.3, 0.4) is 0 Å². The Bertz CT molecular complexity index is 729. The molecule has 0 N–H and O–H groups in total. The molecule has 0 atom stereocenters. The van der Waals surface area contributed by atoms with E-state index in [2.05, 4.69) is 17.1 Å². The quantitative estimate of drug-likeness (QED) is 0.732. The molecule has 0 saturated carbocycles. The third-order valence-corrected chi connectivity index (χ3v) is 4.11. The van der Waals surface area contributed by atoms with Crippen LogP contribution in [0.2, 0.25) is 0 Å². The van der Waals surface area contributed by atoms with Gasteiger partial charge in [-0.3, -0.25) is 4.79 Å². The van der Waals surface area contributed by atoms with E-state index in [4.69, 9.17) is 14.0 Å². The molecule has 0 spiro atoms. The lowest BCUT2D eigenvalue weighted by molar-refractivity contribution is -0.131. The molecule has 0 saturated heterocycles. The molecule has 1 aliphatic rings. The lowest BCUT2D eigenvalue weighted by atomic mass is 10.1. The zero-order chi connectivity index (χ0) is 17.6. The molecule has 2 heterocycles. The number of ether oxygens (including phenoxy) is 2. The van der Waals surface area contributed by atoms with Crippen LogP contribution in [0.15, 0.2) is 22.7 Å². The minimum Gasteiger partial charge on any atom is -0.454 e. The molecule has 1 aromatic heterocycles. The fourth-order valence-electron chi connectivity index (χ4n) is 2.72. The minimum atomic E-state index is 0.0713. The fourth-order valence-corrected chi connectivity index (χ4v) is 2.72. The maximum atomic E-state index is 12.5. The average molecular weight is 345 g/mol. The molecule has 0 unspecified atom stereocenters. The monoisotopic (exact) mass is 345 g/mol. The molecule has 0 bridgehead atoms. The summed E-state index contributed by atoms with van der Waals surface area (Å²) in [4.78, 5) is 18.6. The van der Waals surface area contributed by atoms with Gasteiger partial charge >= 0.3 is 0 Å². The lowest BCUT2D eigenvalue weighted by Crippen LogP contribution is -2.30. The smallest absolute Gasteiger partial charge is 0.231 e. The van der Waals surface area contributed by atoms with Crippen molar-refractivity contribution < 1.29 is 18.8 Å². The summed E-state index contributed by atoms with van der Waals surface area (Å²) in [6.07, 6.45) is 2.79. The third-order valence-electron chi connectivity index (χ3n) is 4.11. The maximum Gasteiger partial charge on any atom is 0.231 e. The molecule has 1 aliphatic heterocycles. The Hall–Kier alpha value is -2.57. The van der Waals surface area contributed by atoms with Gasteiger partial charge in [-0.05, 0) is 37.5 Å². The number of aromatic nitrogens is 2. The maximum absolute atomic E-state index is 12.5. The summed E-state index contributed by atoms with van der Waals surface area (Å²) < 4.78 is 15.8. The molecular weight excluding hydrogens is 322 g/mol. The molecule has 1 amide bonds. The highest BCUT2D eigenvalue weighted by molar-refractivity contribution is 5.76. The Balaban J connectivity index is 1.54. The SMILES string of the molecule is CCCc1nc(CN(CC)C(=O)CCc2ccc3c(c2)OCO3)no1. The molecule has 7 nitrogen and oxygen atoms in total. The average Bonchev–Trinajstić information content (AvgIpc) is 3.26. The zero-order valence-electron chi connectivity index (χ0n) is 14.7. The number of nitrogens with zero attached hydrogens (tertiary/aromatic N) is 3. The van der Waals surface area contributed by atoms with Crippen molar-refractivity contribution in [2.45, 2.75) is 46.1 Å². The van der Waals surface area contributed by atoms with Crippen LogP contribution in [0.25, 0.3) is 0 Å². The number of aryl methyl sites for hydroxylation is 2. The molecule has 1 aromatic carbocycles. The first-order valence-corrected chi connectivity index (χ1v) is 8.67. The highest BCUT2D eigenvalue weighted by Crippen LogP contribution is 2.32. The van der Waals surface area contributed by atoms with Crippen molar-refractivity contribution in [3.05, 3.63) is 35.5 Å². The van der Waals surface area contributed by atoms with Crippen LogP contribution in [0.4, 0.5) is 0 Å². The summed E-state index contributed by atoms with van der Waals surface area (Å²) >= 11 is 0. The van der Waals surface area contributed by atoms with E-state index < -0.39 is 0 Å². The molecule has 2 aromatic rings. The van der Waals surface area contributed by atoms with Gasteiger partial charge in [0.05, 0.1) is 6.54 Å². The topological polar surface area (TPSA) is 77.7 Å². The van der Waals surface area contributed by atoms with E-state index in [9.17, 15) is 4.79 Å². The number of amides is 1. The second kappa shape index (κ2) is 8.00. The van der Waals surface area contributed by atoms with Crippen LogP contribution in [0.5, 0.6) is 11.5 Å². The molecule has 7 heteroatoms. The van der Waals surface area contributed by atoms with Crippen LogP contribution < -0.4 is 9.47 Å². The van der Waals surface area contributed by atoms with Gasteiger partial charge in [-0.1, -0.05) is 18.1 Å². The van der Waals surface area contributed by atoms with E-state index in [1.807, 2.05) is 25.1 Å². The predicted octanol–water partition coefficient (Wildman–Crippen LogP) is 2.73. The summed E-state index contributed by atoms with van der Waals surface area (Å²) in [5, 5.41) is 3.95. The number of benzene rings is 1. The van der Waals surface area contributed by atoms with Crippen LogP contribution in [0, 0.1) is 0 Å². The van der Waals surface area contributed by atoms with Crippen LogP contribution in [-0.2, 0) is 24.2 Å². The van der Waals surface area contributed by atoms with Crippen molar-refractivity contribution in [2.24, 2.45) is 0 Å². The van der Waals surface area contributed by atoms with E-state index in [-0.39, 0.29) is 12.7 Å². The number of hydrogen-bond acceptors (Lipinski definition) is 6. The summed E-state index contributed by atoms with van der Waals surface area (Å²) in [5.41, 5.74) is 1.05. The second-order valence-corrected chi connectivity index (χ2v) is 5.95. The van der Waals surface area contributed by atoms with Crippen LogP contribution >= 0.6 is 0 Å². The highest BCUT2D eigenvalue weighted by atomic mass is 16.7. The van der Waals surface area contributed by atoms with Gasteiger partial charge in [-0.2, -0.15) is 4.98 Å². The summed E-state index contributed by atoms with van der Waals surface area (Å²) in [7, 11) is 0. The number of rotatable bonds is 8. The first kappa shape index (κ1) is 17.3. The molecular formula is C18H23N3O4. The molecule has 0 fully saturated rings. The largest absolute Gasteiger partial charge is 0.454 e. The van der Waals surface area contributed by atoms with E-state index >= 15 is 0 Å². The molecule has 0 radical (unpaired) electrons. The van der Waals surface area contributed by atoms with E-state index in [0.717, 1.165) is 29.9 Å². The number of hydrogen-bond donors (Lipinski definition) is 0. The van der Waals surface area contributed by atoms with Gasteiger partial charge in [0.25, 0.3) is 0 Å². The van der Waals surface area contributed by atoms with Gasteiger partial charge in [0.15, 0.2) is 17.3 Å². The fraction of sp³-hybridized carbons (Fsp3) is 0.500. The number of carbonyl (C=O) groups is 1. The molecule has 3 rings (SSSR count). The van der Waals surface area contributed by atoms with Gasteiger partial charge in [0, 0.05) is 19.4 Å². The minimum absolute atomic E-state index is 0.0713. The lowest BCUT2D eigenvalue weighted by Gasteiger charge is -2.19. The Morgan fingerprint density at radius 1 is 1.20 bits per heavy atom. The second-order valence-electron chi connectivity index (χ2n) is 5.95. The Labute approximate surface area is 146 Å². The van der Waals surface area contributed by atoms with E-state index in [1.165, 1.54) is 0 Å². The van der Waals surface area contributed by atoms with Crippen LogP contribution in [0.1, 0.15) is 44.0 Å². The Kier molecular flexibility index (Phi) is 5.53. The predicted molar refractivity (Wildman–Crippen MR) is 90.3 cm³/mol. The Morgan fingerprint density at radius 3 is 2.84 bits per heavy atom. The first-order valence-electron chi connectivity index (χ1n) is 8.67.